The minimum Gasteiger partial charge on any atom is -0.497 e. The van der Waals surface area contributed by atoms with Gasteiger partial charge < -0.3 is 10.5 Å². The predicted molar refractivity (Wildman–Crippen MR) is 66.2 cm³/mol. The van der Waals surface area contributed by atoms with Gasteiger partial charge in [0.15, 0.2) is 0 Å². The molecule has 0 radical (unpaired) electrons. The zero-order valence-electron chi connectivity index (χ0n) is 10.0. The first-order valence-corrected chi connectivity index (χ1v) is 5.49. The van der Waals surface area contributed by atoms with E-state index >= 15 is 0 Å². The highest BCUT2D eigenvalue weighted by molar-refractivity contribution is 5.89. The lowest BCUT2D eigenvalue weighted by Gasteiger charge is -2.17. The van der Waals surface area contributed by atoms with Crippen LogP contribution in [0.5, 0.6) is 5.75 Å². The first-order chi connectivity index (χ1) is 8.26. The number of hydrogen-bond acceptors (Lipinski definition) is 5. The monoisotopic (exact) mass is 235 g/mol. The van der Waals surface area contributed by atoms with E-state index in [4.69, 9.17) is 15.3 Å². The van der Waals surface area contributed by atoms with Gasteiger partial charge in [-0.2, -0.15) is 0 Å². The molecule has 1 heterocycles. The van der Waals surface area contributed by atoms with Crippen LogP contribution in [-0.4, -0.2) is 32.6 Å². The van der Waals surface area contributed by atoms with Gasteiger partial charge >= 0.3 is 0 Å². The molecule has 2 rings (SSSR count). The second-order valence-electron chi connectivity index (χ2n) is 3.94. The van der Waals surface area contributed by atoms with Gasteiger partial charge in [-0.05, 0) is 17.7 Å². The lowest BCUT2D eigenvalue weighted by atomic mass is 9.93. The molecule has 0 aliphatic carbocycles. The van der Waals surface area contributed by atoms with Crippen molar-refractivity contribution in [3.05, 3.63) is 29.8 Å². The summed E-state index contributed by atoms with van der Waals surface area (Å²) in [5, 5.41) is 0. The Morgan fingerprint density at radius 1 is 1.29 bits per heavy atom. The molecule has 1 aromatic carbocycles. The lowest BCUT2D eigenvalue weighted by Crippen LogP contribution is -2.40. The molecule has 92 valence electrons. The zero-order chi connectivity index (χ0) is 12.3. The number of hydroxylamine groups is 1. The van der Waals surface area contributed by atoms with E-state index in [-0.39, 0.29) is 12.0 Å². The molecule has 1 aliphatic rings. The van der Waals surface area contributed by atoms with Crippen LogP contribution in [0.1, 0.15) is 11.5 Å². The summed E-state index contributed by atoms with van der Waals surface area (Å²) in [5.74, 6) is 1.74. The number of amidine groups is 1. The number of nitrogens with two attached hydrogens (primary N) is 1. The fourth-order valence-corrected chi connectivity index (χ4v) is 1.97. The van der Waals surface area contributed by atoms with E-state index in [9.17, 15) is 0 Å². The second kappa shape index (κ2) is 5.16. The van der Waals surface area contributed by atoms with Crippen molar-refractivity contribution < 1.29 is 9.57 Å². The summed E-state index contributed by atoms with van der Waals surface area (Å²) in [5.41, 5.74) is 9.99. The van der Waals surface area contributed by atoms with Crippen LogP contribution in [0.2, 0.25) is 0 Å². The van der Waals surface area contributed by atoms with Crippen LogP contribution in [0, 0.1) is 0 Å². The van der Waals surface area contributed by atoms with Gasteiger partial charge in [0.05, 0.1) is 20.3 Å². The van der Waals surface area contributed by atoms with Crippen molar-refractivity contribution in [3.8, 4) is 5.75 Å². The van der Waals surface area contributed by atoms with E-state index in [1.807, 2.05) is 24.3 Å². The normalized spacial score (nSPS) is 23.4. The molecule has 0 spiro atoms. The van der Waals surface area contributed by atoms with Crippen molar-refractivity contribution in [1.82, 2.24) is 5.48 Å². The first-order valence-electron chi connectivity index (χ1n) is 5.49. The topological polar surface area (TPSA) is 68.9 Å². The summed E-state index contributed by atoms with van der Waals surface area (Å²) in [7, 11) is 3.20. The highest BCUT2D eigenvalue weighted by Crippen LogP contribution is 2.25. The maximum atomic E-state index is 6.11. The van der Waals surface area contributed by atoms with Crippen LogP contribution in [0.4, 0.5) is 0 Å². The molecule has 0 aromatic heterocycles. The molecule has 0 saturated carbocycles. The largest absolute Gasteiger partial charge is 0.497 e. The number of benzene rings is 1. The quantitative estimate of drug-likeness (QED) is 0.755. The first kappa shape index (κ1) is 11.9. The molecule has 0 saturated heterocycles. The molecule has 2 atom stereocenters. The summed E-state index contributed by atoms with van der Waals surface area (Å²) < 4.78 is 5.13. The number of methoxy groups -OCH3 is 1. The fraction of sp³-hybridized carbons (Fsp3) is 0.417. The molecular formula is C12H17N3O2. The fourth-order valence-electron chi connectivity index (χ4n) is 1.97. The number of nitrogens with one attached hydrogen (secondary N) is 1. The van der Waals surface area contributed by atoms with Gasteiger partial charge in [-0.25, -0.2) is 0 Å². The molecule has 17 heavy (non-hydrogen) atoms. The van der Waals surface area contributed by atoms with Crippen LogP contribution >= 0.6 is 0 Å². The van der Waals surface area contributed by atoms with Crippen LogP contribution in [0.3, 0.4) is 0 Å². The van der Waals surface area contributed by atoms with E-state index in [1.54, 1.807) is 14.2 Å². The highest BCUT2D eigenvalue weighted by atomic mass is 16.6. The predicted octanol–water partition coefficient (Wildman–Crippen LogP) is 0.669. The van der Waals surface area contributed by atoms with Gasteiger partial charge in [0, 0.05) is 12.5 Å². The van der Waals surface area contributed by atoms with E-state index in [0.717, 1.165) is 11.3 Å². The molecule has 1 aromatic rings. The average Bonchev–Trinajstić information content (AvgIpc) is 2.72. The van der Waals surface area contributed by atoms with Gasteiger partial charge in [-0.1, -0.05) is 12.1 Å². The maximum absolute atomic E-state index is 6.11. The molecular weight excluding hydrogens is 218 g/mol. The molecule has 2 unspecified atom stereocenters. The van der Waals surface area contributed by atoms with Gasteiger partial charge in [-0.3, -0.25) is 15.3 Å². The second-order valence-corrected chi connectivity index (χ2v) is 3.94. The molecule has 0 fully saturated rings. The van der Waals surface area contributed by atoms with E-state index in [0.29, 0.717) is 12.4 Å². The molecule has 5 nitrogen and oxygen atoms in total. The Labute approximate surface area is 101 Å². The number of hydrogen-bond donors (Lipinski definition) is 2. The smallest absolute Gasteiger partial charge is 0.138 e. The van der Waals surface area contributed by atoms with Crippen molar-refractivity contribution in [2.75, 3.05) is 20.8 Å². The van der Waals surface area contributed by atoms with Gasteiger partial charge in [0.25, 0.3) is 0 Å². The minimum absolute atomic E-state index is 0.150. The minimum atomic E-state index is -0.150. The Bertz CT molecular complexity index is 403. The van der Waals surface area contributed by atoms with Crippen LogP contribution < -0.4 is 16.0 Å². The summed E-state index contributed by atoms with van der Waals surface area (Å²) in [4.78, 5) is 9.17. The SMILES string of the molecule is CONC1=NCC(c2ccc(OC)cc2)C1N. The van der Waals surface area contributed by atoms with Gasteiger partial charge in [0.2, 0.25) is 0 Å². The molecule has 1 aliphatic heterocycles. The van der Waals surface area contributed by atoms with Crippen molar-refractivity contribution >= 4 is 5.84 Å². The summed E-state index contributed by atoms with van der Waals surface area (Å²) in [6.45, 7) is 0.680. The number of aliphatic imine (C=N–C) groups is 1. The zero-order valence-corrected chi connectivity index (χ0v) is 10.0. The Kier molecular flexibility index (Phi) is 3.61. The maximum Gasteiger partial charge on any atom is 0.138 e. The van der Waals surface area contributed by atoms with Crippen molar-refractivity contribution in [1.29, 1.82) is 0 Å². The third-order valence-corrected chi connectivity index (χ3v) is 2.96. The molecule has 0 amide bonds. The van der Waals surface area contributed by atoms with E-state index in [2.05, 4.69) is 10.5 Å². The van der Waals surface area contributed by atoms with E-state index < -0.39 is 0 Å². The van der Waals surface area contributed by atoms with Crippen molar-refractivity contribution in [2.24, 2.45) is 10.7 Å². The average molecular weight is 235 g/mol. The highest BCUT2D eigenvalue weighted by Gasteiger charge is 2.29. The third-order valence-electron chi connectivity index (χ3n) is 2.96. The Balaban J connectivity index is 2.09. The number of rotatable bonds is 3. The van der Waals surface area contributed by atoms with Crippen molar-refractivity contribution in [3.63, 3.8) is 0 Å². The Morgan fingerprint density at radius 3 is 2.59 bits per heavy atom. The number of ether oxygens (including phenoxy) is 1. The van der Waals surface area contributed by atoms with Crippen LogP contribution in [-0.2, 0) is 4.84 Å². The van der Waals surface area contributed by atoms with Crippen LogP contribution in [0.25, 0.3) is 0 Å². The summed E-state index contributed by atoms with van der Waals surface area (Å²) in [6.07, 6.45) is 0. The number of nitrogens with zero attached hydrogens (tertiary/aromatic N) is 1. The lowest BCUT2D eigenvalue weighted by molar-refractivity contribution is 0.142. The summed E-state index contributed by atoms with van der Waals surface area (Å²) in [6, 6.07) is 7.76. The standard InChI is InChI=1S/C12H17N3O2/c1-16-9-5-3-8(4-6-9)10-7-14-12(11(10)13)15-17-2/h3-6,10-11H,7,13H2,1-2H3,(H,14,15). The Hall–Kier alpha value is -1.59. The molecule has 5 heteroatoms. The molecule has 3 N–H and O–H groups in total. The van der Waals surface area contributed by atoms with Gasteiger partial charge in [0.1, 0.15) is 11.6 Å². The van der Waals surface area contributed by atoms with Crippen molar-refractivity contribution in [2.45, 2.75) is 12.0 Å². The summed E-state index contributed by atoms with van der Waals surface area (Å²) >= 11 is 0. The van der Waals surface area contributed by atoms with E-state index in [1.165, 1.54) is 0 Å². The van der Waals surface area contributed by atoms with Gasteiger partial charge in [-0.15, -0.1) is 0 Å². The Morgan fingerprint density at radius 2 is 2.00 bits per heavy atom. The molecule has 0 bridgehead atoms. The van der Waals surface area contributed by atoms with Crippen LogP contribution in [0.15, 0.2) is 29.3 Å². The third kappa shape index (κ3) is 2.40.